The number of carbonyl (C=O) groups is 1. The molecule has 186 valence electrons. The zero-order chi connectivity index (χ0) is 25.1. The number of hydrogen-bond donors (Lipinski definition) is 2. The first kappa shape index (κ1) is 24.6. The van der Waals surface area contributed by atoms with E-state index in [1.54, 1.807) is 0 Å². The van der Waals surface area contributed by atoms with Gasteiger partial charge in [-0.2, -0.15) is 18.3 Å². The standard InChI is InChI=1S/C21H24F5N5O2S/c1-3-34(27,33)14-8-13(6-7-28-14)29-18(32)17-15(21(24,25)26)16(12-4-5-12)30-31(17)11-19(2)9-20(22,23)10-19/h6-8,12,27H,3-5,9-11H2,1-2H3,(H,28,29,32)/t34-/m0/s1. The Morgan fingerprint density at radius 3 is 2.50 bits per heavy atom. The molecule has 0 aliphatic heterocycles. The largest absolute Gasteiger partial charge is 0.420 e. The third-order valence-electron chi connectivity index (χ3n) is 6.08. The van der Waals surface area contributed by atoms with Gasteiger partial charge in [0.1, 0.15) is 16.3 Å². The van der Waals surface area contributed by atoms with Crippen LogP contribution >= 0.6 is 0 Å². The number of nitrogens with zero attached hydrogens (tertiary/aromatic N) is 3. The highest BCUT2D eigenvalue weighted by molar-refractivity contribution is 7.92. The summed E-state index contributed by atoms with van der Waals surface area (Å²) >= 11 is 0. The van der Waals surface area contributed by atoms with Gasteiger partial charge in [0, 0.05) is 42.9 Å². The molecule has 7 nitrogen and oxygen atoms in total. The van der Waals surface area contributed by atoms with E-state index in [1.165, 1.54) is 32.2 Å². The van der Waals surface area contributed by atoms with E-state index in [0.717, 1.165) is 4.68 Å². The molecule has 2 heterocycles. The first-order valence-electron chi connectivity index (χ1n) is 10.7. The molecule has 2 aliphatic carbocycles. The summed E-state index contributed by atoms with van der Waals surface area (Å²) in [5, 5.41) is 6.34. The molecule has 1 atom stereocenters. The molecule has 2 aromatic heterocycles. The minimum Gasteiger partial charge on any atom is -0.320 e. The Morgan fingerprint density at radius 2 is 1.97 bits per heavy atom. The van der Waals surface area contributed by atoms with Crippen molar-refractivity contribution >= 4 is 21.3 Å². The lowest BCUT2D eigenvalue weighted by Crippen LogP contribution is -2.47. The van der Waals surface area contributed by atoms with Crippen LogP contribution in [0, 0.1) is 10.2 Å². The zero-order valence-corrected chi connectivity index (χ0v) is 19.3. The number of pyridine rings is 1. The number of rotatable bonds is 7. The molecule has 2 aliphatic rings. The van der Waals surface area contributed by atoms with Gasteiger partial charge in [0.2, 0.25) is 5.92 Å². The van der Waals surface area contributed by atoms with E-state index in [-0.39, 0.29) is 28.7 Å². The number of aromatic nitrogens is 3. The second-order valence-electron chi connectivity index (χ2n) is 9.36. The van der Waals surface area contributed by atoms with E-state index >= 15 is 0 Å². The molecule has 2 aromatic rings. The summed E-state index contributed by atoms with van der Waals surface area (Å²) in [7, 11) is -3.22. The van der Waals surface area contributed by atoms with Crippen LogP contribution in [0.1, 0.15) is 67.2 Å². The van der Waals surface area contributed by atoms with E-state index in [0.29, 0.717) is 12.8 Å². The number of hydrogen-bond acceptors (Lipinski definition) is 5. The average molecular weight is 506 g/mol. The van der Waals surface area contributed by atoms with E-state index in [9.17, 15) is 31.0 Å². The minimum atomic E-state index is -4.88. The van der Waals surface area contributed by atoms with Gasteiger partial charge in [0.15, 0.2) is 0 Å². The molecule has 34 heavy (non-hydrogen) atoms. The van der Waals surface area contributed by atoms with Gasteiger partial charge in [0.25, 0.3) is 5.91 Å². The molecule has 13 heteroatoms. The molecule has 4 rings (SSSR count). The molecule has 0 saturated heterocycles. The zero-order valence-electron chi connectivity index (χ0n) is 18.5. The van der Waals surface area contributed by atoms with Crippen LogP contribution in [-0.4, -0.2) is 36.6 Å². The molecule has 2 N–H and O–H groups in total. The summed E-state index contributed by atoms with van der Waals surface area (Å²) in [6.45, 7) is 2.79. The van der Waals surface area contributed by atoms with E-state index in [4.69, 9.17) is 4.78 Å². The van der Waals surface area contributed by atoms with E-state index in [1.807, 2.05) is 0 Å². The number of halogens is 5. The highest BCUT2D eigenvalue weighted by Crippen LogP contribution is 2.53. The molecule has 0 radical (unpaired) electrons. The quantitative estimate of drug-likeness (QED) is 0.500. The highest BCUT2D eigenvalue weighted by atomic mass is 32.2. The second-order valence-corrected chi connectivity index (χ2v) is 11.7. The summed E-state index contributed by atoms with van der Waals surface area (Å²) in [6, 6.07) is 2.48. The van der Waals surface area contributed by atoms with Crippen LogP contribution in [0.3, 0.4) is 0 Å². The average Bonchev–Trinajstić information content (AvgIpc) is 3.46. The normalized spacial score (nSPS) is 20.9. The van der Waals surface area contributed by atoms with Gasteiger partial charge in [-0.25, -0.2) is 22.8 Å². The number of amides is 1. The van der Waals surface area contributed by atoms with Gasteiger partial charge in [-0.05, 0) is 30.4 Å². The Kier molecular flexibility index (Phi) is 5.77. The van der Waals surface area contributed by atoms with Crippen molar-refractivity contribution in [3.05, 3.63) is 35.3 Å². The van der Waals surface area contributed by atoms with Crippen LogP contribution < -0.4 is 5.32 Å². The minimum absolute atomic E-state index is 0.0126. The lowest BCUT2D eigenvalue weighted by atomic mass is 9.67. The van der Waals surface area contributed by atoms with Crippen LogP contribution in [0.5, 0.6) is 0 Å². The Hall–Kier alpha value is -2.57. The highest BCUT2D eigenvalue weighted by Gasteiger charge is 2.55. The third-order valence-corrected chi connectivity index (χ3v) is 7.79. The van der Waals surface area contributed by atoms with Crippen LogP contribution in [0.15, 0.2) is 23.4 Å². The van der Waals surface area contributed by atoms with Gasteiger partial charge in [0.05, 0.1) is 15.4 Å². The van der Waals surface area contributed by atoms with Crippen LogP contribution in [-0.2, 0) is 22.5 Å². The molecular weight excluding hydrogens is 481 g/mol. The summed E-state index contributed by atoms with van der Waals surface area (Å²) < 4.78 is 90.4. The van der Waals surface area contributed by atoms with Gasteiger partial charge in [-0.1, -0.05) is 13.8 Å². The Morgan fingerprint density at radius 1 is 1.32 bits per heavy atom. The van der Waals surface area contributed by atoms with E-state index < -0.39 is 63.2 Å². The SMILES string of the molecule is CC[S@](=N)(=O)c1cc(NC(=O)c2c(C(F)(F)F)c(C3CC3)nn2CC2(C)CC(F)(F)C2)ccn1. The Balaban J connectivity index is 1.74. The molecule has 0 aromatic carbocycles. The predicted octanol–water partition coefficient (Wildman–Crippen LogP) is 5.29. The molecule has 0 bridgehead atoms. The summed E-state index contributed by atoms with van der Waals surface area (Å²) in [4.78, 5) is 17.0. The fourth-order valence-corrected chi connectivity index (χ4v) is 5.27. The van der Waals surface area contributed by atoms with Gasteiger partial charge < -0.3 is 5.32 Å². The van der Waals surface area contributed by atoms with Crippen LogP contribution in [0.2, 0.25) is 0 Å². The smallest absolute Gasteiger partial charge is 0.320 e. The van der Waals surface area contributed by atoms with Crippen molar-refractivity contribution in [3.8, 4) is 0 Å². The first-order valence-corrected chi connectivity index (χ1v) is 12.5. The fraction of sp³-hybridized carbons (Fsp3) is 0.571. The van der Waals surface area contributed by atoms with Crippen molar-refractivity contribution < 1.29 is 31.0 Å². The lowest BCUT2D eigenvalue weighted by Gasteiger charge is -2.44. The number of nitrogens with one attached hydrogen (secondary N) is 2. The number of alkyl halides is 5. The maximum Gasteiger partial charge on any atom is 0.420 e. The third kappa shape index (κ3) is 4.80. The molecule has 0 spiro atoms. The Bertz CT molecular complexity index is 1230. The summed E-state index contributed by atoms with van der Waals surface area (Å²) in [5.74, 6) is -4.49. The predicted molar refractivity (Wildman–Crippen MR) is 113 cm³/mol. The van der Waals surface area contributed by atoms with E-state index in [2.05, 4.69) is 15.4 Å². The molecular formula is C21H24F5N5O2S. The second kappa shape index (κ2) is 7.99. The molecule has 2 saturated carbocycles. The first-order chi connectivity index (χ1) is 15.6. The maximum atomic E-state index is 14.1. The van der Waals surface area contributed by atoms with Crippen LogP contribution in [0.25, 0.3) is 0 Å². The van der Waals surface area contributed by atoms with Crippen LogP contribution in [0.4, 0.5) is 27.6 Å². The Labute approximate surface area is 193 Å². The monoisotopic (exact) mass is 505 g/mol. The van der Waals surface area contributed by atoms with Crippen molar-refractivity contribution in [3.63, 3.8) is 0 Å². The molecule has 0 unspecified atom stereocenters. The lowest BCUT2D eigenvalue weighted by molar-refractivity contribution is -0.160. The molecule has 2 fully saturated rings. The maximum absolute atomic E-state index is 14.1. The van der Waals surface area contributed by atoms with Gasteiger partial charge >= 0.3 is 6.18 Å². The number of anilines is 1. The fourth-order valence-electron chi connectivity index (χ4n) is 4.42. The van der Waals surface area contributed by atoms with Crippen molar-refractivity contribution in [2.24, 2.45) is 5.41 Å². The van der Waals surface area contributed by atoms with Gasteiger partial charge in [-0.15, -0.1) is 0 Å². The van der Waals surface area contributed by atoms with Crippen molar-refractivity contribution in [2.45, 2.75) is 69.1 Å². The topological polar surface area (TPSA) is 101 Å². The number of carbonyl (C=O) groups excluding carboxylic acids is 1. The van der Waals surface area contributed by atoms with Crippen molar-refractivity contribution in [1.29, 1.82) is 4.78 Å². The molecule has 1 amide bonds. The van der Waals surface area contributed by atoms with Crippen molar-refractivity contribution in [2.75, 3.05) is 11.1 Å². The summed E-state index contributed by atoms with van der Waals surface area (Å²) in [6.07, 6.45) is -3.70. The van der Waals surface area contributed by atoms with Gasteiger partial charge in [-0.3, -0.25) is 9.48 Å². The van der Waals surface area contributed by atoms with Crippen molar-refractivity contribution in [1.82, 2.24) is 14.8 Å². The summed E-state index contributed by atoms with van der Waals surface area (Å²) in [5.41, 5.74) is -3.14.